The van der Waals surface area contributed by atoms with Crippen LogP contribution in [0, 0.1) is 0 Å². The van der Waals surface area contributed by atoms with Crippen molar-refractivity contribution >= 4 is 58.4 Å². The van der Waals surface area contributed by atoms with Crippen molar-refractivity contribution in [2.75, 3.05) is 12.4 Å². The summed E-state index contributed by atoms with van der Waals surface area (Å²) in [6.07, 6.45) is 0.712. The average molecular weight is 459 g/mol. The van der Waals surface area contributed by atoms with Gasteiger partial charge in [-0.3, -0.25) is 4.79 Å². The second kappa shape index (κ2) is 9.40. The van der Waals surface area contributed by atoms with Crippen LogP contribution in [0.1, 0.15) is 34.6 Å². The molecule has 1 aliphatic rings. The van der Waals surface area contributed by atoms with Gasteiger partial charge in [-0.15, -0.1) is 11.8 Å². The van der Waals surface area contributed by atoms with Gasteiger partial charge in [-0.2, -0.15) is 0 Å². The van der Waals surface area contributed by atoms with Gasteiger partial charge in [0.05, 0.1) is 16.7 Å². The van der Waals surface area contributed by atoms with Gasteiger partial charge in [0.25, 0.3) is 5.91 Å². The number of amides is 1. The summed E-state index contributed by atoms with van der Waals surface area (Å²) in [7, 11) is 0. The van der Waals surface area contributed by atoms with Crippen molar-refractivity contribution in [1.82, 2.24) is 4.90 Å². The number of carbonyl (C=O) groups excluding carboxylic acids is 2. The third-order valence-corrected chi connectivity index (χ3v) is 6.55. The second-order valence-corrected chi connectivity index (χ2v) is 8.63. The third-order valence-electron chi connectivity index (χ3n) is 4.26. The average Bonchev–Trinajstić information content (AvgIpc) is 3.12. The molecule has 0 radical (unpaired) electrons. The molecule has 1 fully saturated rings. The predicted molar refractivity (Wildman–Crippen MR) is 114 cm³/mol. The zero-order valence-corrected chi connectivity index (χ0v) is 18.1. The molecule has 4 nitrogen and oxygen atoms in total. The Hall–Kier alpha value is -1.40. The van der Waals surface area contributed by atoms with Gasteiger partial charge >= 0.3 is 5.97 Å². The molecular formula is C20H18Cl3NO3S. The lowest BCUT2D eigenvalue weighted by Gasteiger charge is -2.29. The second-order valence-electron chi connectivity index (χ2n) is 6.27. The van der Waals surface area contributed by atoms with Crippen molar-refractivity contribution in [3.05, 3.63) is 68.7 Å². The molecule has 0 spiro atoms. The van der Waals surface area contributed by atoms with Crippen LogP contribution in [-0.2, 0) is 9.53 Å². The van der Waals surface area contributed by atoms with Crippen LogP contribution >= 0.6 is 46.6 Å². The summed E-state index contributed by atoms with van der Waals surface area (Å²) in [5.74, 6) is -0.269. The van der Waals surface area contributed by atoms with Gasteiger partial charge in [0, 0.05) is 16.3 Å². The topological polar surface area (TPSA) is 46.6 Å². The standard InChI is InChI=1S/C20H18Cl3NO3S/c1-2-8-27-20(26)17-11-28-19(13-6-7-15(22)16(23)10-13)24(17)18(25)12-4-3-5-14(21)9-12/h3-7,9-10,17,19H,2,8,11H2,1H3. The van der Waals surface area contributed by atoms with E-state index in [1.807, 2.05) is 13.0 Å². The number of hydrogen-bond acceptors (Lipinski definition) is 4. The number of rotatable bonds is 5. The Morgan fingerprint density at radius 3 is 2.61 bits per heavy atom. The smallest absolute Gasteiger partial charge is 0.329 e. The Kier molecular flexibility index (Phi) is 7.15. The molecule has 1 saturated heterocycles. The van der Waals surface area contributed by atoms with E-state index in [2.05, 4.69) is 0 Å². The van der Waals surface area contributed by atoms with Crippen LogP contribution < -0.4 is 0 Å². The van der Waals surface area contributed by atoms with Crippen LogP contribution in [0.4, 0.5) is 0 Å². The SMILES string of the molecule is CCCOC(=O)C1CSC(c2ccc(Cl)c(Cl)c2)N1C(=O)c1cccc(Cl)c1. The minimum Gasteiger partial charge on any atom is -0.464 e. The van der Waals surface area contributed by atoms with Crippen LogP contribution in [0.3, 0.4) is 0 Å². The first-order valence-corrected chi connectivity index (χ1v) is 10.9. The first kappa shape index (κ1) is 21.3. The number of esters is 1. The number of thioether (sulfide) groups is 1. The summed E-state index contributed by atoms with van der Waals surface area (Å²) in [4.78, 5) is 27.5. The number of carbonyl (C=O) groups is 2. The van der Waals surface area contributed by atoms with E-state index in [0.717, 1.165) is 5.56 Å². The normalized spacial score (nSPS) is 18.9. The van der Waals surface area contributed by atoms with E-state index in [4.69, 9.17) is 39.5 Å². The molecule has 1 amide bonds. The maximum atomic E-state index is 13.3. The molecule has 2 atom stereocenters. The first-order chi connectivity index (χ1) is 13.4. The fourth-order valence-electron chi connectivity index (χ4n) is 2.93. The van der Waals surface area contributed by atoms with Crippen LogP contribution in [0.2, 0.25) is 15.1 Å². The van der Waals surface area contributed by atoms with Crippen molar-refractivity contribution in [2.24, 2.45) is 0 Å². The number of halogens is 3. The van der Waals surface area contributed by atoms with Crippen LogP contribution in [0.15, 0.2) is 42.5 Å². The highest BCUT2D eigenvalue weighted by atomic mass is 35.5. The van der Waals surface area contributed by atoms with Crippen LogP contribution in [-0.4, -0.2) is 35.2 Å². The van der Waals surface area contributed by atoms with Gasteiger partial charge < -0.3 is 9.64 Å². The van der Waals surface area contributed by atoms with E-state index < -0.39 is 12.0 Å². The van der Waals surface area contributed by atoms with E-state index >= 15 is 0 Å². The number of hydrogen-bond donors (Lipinski definition) is 0. The molecule has 1 aliphatic heterocycles. The Morgan fingerprint density at radius 2 is 1.93 bits per heavy atom. The van der Waals surface area contributed by atoms with Gasteiger partial charge in [-0.1, -0.05) is 53.9 Å². The molecule has 2 unspecified atom stereocenters. The van der Waals surface area contributed by atoms with Crippen molar-refractivity contribution in [2.45, 2.75) is 24.8 Å². The lowest BCUT2D eigenvalue weighted by atomic mass is 10.1. The molecule has 0 bridgehead atoms. The molecule has 148 valence electrons. The number of nitrogens with zero attached hydrogens (tertiary/aromatic N) is 1. The van der Waals surface area contributed by atoms with Gasteiger partial charge in [0.15, 0.2) is 0 Å². The zero-order valence-electron chi connectivity index (χ0n) is 15.0. The molecule has 1 heterocycles. The Labute approximate surface area is 183 Å². The Balaban J connectivity index is 1.97. The molecule has 0 aliphatic carbocycles. The van der Waals surface area contributed by atoms with E-state index in [0.29, 0.717) is 39.4 Å². The highest BCUT2D eigenvalue weighted by Gasteiger charge is 2.43. The third kappa shape index (κ3) is 4.60. The fraction of sp³-hybridized carbons (Fsp3) is 0.300. The minimum atomic E-state index is -0.692. The van der Waals surface area contributed by atoms with Crippen molar-refractivity contribution in [3.63, 3.8) is 0 Å². The summed E-state index contributed by atoms with van der Waals surface area (Å²) in [5, 5.41) is 0.890. The molecule has 0 saturated carbocycles. The molecule has 2 aromatic rings. The molecule has 0 N–H and O–H groups in total. The first-order valence-electron chi connectivity index (χ1n) is 8.73. The van der Waals surface area contributed by atoms with Crippen LogP contribution in [0.25, 0.3) is 0 Å². The summed E-state index contributed by atoms with van der Waals surface area (Å²) in [6, 6.07) is 11.2. The lowest BCUT2D eigenvalue weighted by Crippen LogP contribution is -2.44. The minimum absolute atomic E-state index is 0.290. The fourth-order valence-corrected chi connectivity index (χ4v) is 4.83. The quantitative estimate of drug-likeness (QED) is 0.527. The maximum Gasteiger partial charge on any atom is 0.329 e. The maximum absolute atomic E-state index is 13.3. The summed E-state index contributed by atoms with van der Waals surface area (Å²) in [5.41, 5.74) is 1.20. The zero-order chi connectivity index (χ0) is 20.3. The number of benzene rings is 2. The van der Waals surface area contributed by atoms with Gasteiger partial charge in [-0.05, 0) is 42.3 Å². The summed E-state index contributed by atoms with van der Waals surface area (Å²) in [6.45, 7) is 2.24. The van der Waals surface area contributed by atoms with E-state index in [-0.39, 0.29) is 11.3 Å². The molecule has 3 rings (SSSR count). The van der Waals surface area contributed by atoms with Crippen LogP contribution in [0.5, 0.6) is 0 Å². The summed E-state index contributed by atoms with van der Waals surface area (Å²) >= 11 is 19.7. The molecule has 2 aromatic carbocycles. The molecular weight excluding hydrogens is 441 g/mol. The molecule has 8 heteroatoms. The van der Waals surface area contributed by atoms with Gasteiger partial charge in [0.1, 0.15) is 11.4 Å². The Bertz CT molecular complexity index is 893. The molecule has 0 aromatic heterocycles. The highest BCUT2D eigenvalue weighted by molar-refractivity contribution is 7.99. The number of ether oxygens (including phenoxy) is 1. The van der Waals surface area contributed by atoms with Gasteiger partial charge in [0.2, 0.25) is 0 Å². The monoisotopic (exact) mass is 457 g/mol. The van der Waals surface area contributed by atoms with E-state index in [1.165, 1.54) is 11.8 Å². The van der Waals surface area contributed by atoms with E-state index in [1.54, 1.807) is 41.3 Å². The van der Waals surface area contributed by atoms with Crippen molar-refractivity contribution in [1.29, 1.82) is 0 Å². The highest BCUT2D eigenvalue weighted by Crippen LogP contribution is 2.44. The predicted octanol–water partition coefficient (Wildman–Crippen LogP) is 5.86. The summed E-state index contributed by atoms with van der Waals surface area (Å²) < 4.78 is 5.32. The largest absolute Gasteiger partial charge is 0.464 e. The van der Waals surface area contributed by atoms with Crippen molar-refractivity contribution < 1.29 is 14.3 Å². The van der Waals surface area contributed by atoms with Crippen molar-refractivity contribution in [3.8, 4) is 0 Å². The molecule has 28 heavy (non-hydrogen) atoms. The Morgan fingerprint density at radius 1 is 1.14 bits per heavy atom. The van der Waals surface area contributed by atoms with E-state index in [9.17, 15) is 9.59 Å². The van der Waals surface area contributed by atoms with Gasteiger partial charge in [-0.25, -0.2) is 4.79 Å². The lowest BCUT2D eigenvalue weighted by molar-refractivity contribution is -0.148.